The number of nitrogens with zero attached hydrogens (tertiary/aromatic N) is 3. The maximum absolute atomic E-state index is 12.9. The third-order valence-corrected chi connectivity index (χ3v) is 6.55. The van der Waals surface area contributed by atoms with E-state index in [1.54, 1.807) is 42.8 Å². The monoisotopic (exact) mass is 498 g/mol. The van der Waals surface area contributed by atoms with Crippen molar-refractivity contribution >= 4 is 41.2 Å². The number of ether oxygens (including phenoxy) is 2. The number of allylic oxidation sites excluding steroid dienone is 1. The fourth-order valence-corrected chi connectivity index (χ4v) is 4.77. The minimum Gasteiger partial charge on any atom is -0.465 e. The van der Waals surface area contributed by atoms with Crippen molar-refractivity contribution in [3.05, 3.63) is 81.5 Å². The lowest BCUT2D eigenvalue weighted by Gasteiger charge is -2.28. The van der Waals surface area contributed by atoms with Gasteiger partial charge >= 0.3 is 11.9 Å². The Hall–Kier alpha value is -3.30. The molecule has 1 N–H and O–H groups in total. The molecule has 3 aromatic rings. The number of nitrogens with one attached hydrogen (secondary N) is 1. The number of benzene rings is 2. The summed E-state index contributed by atoms with van der Waals surface area (Å²) >= 11 is 7.73. The van der Waals surface area contributed by atoms with Gasteiger partial charge in [0.05, 0.1) is 24.9 Å². The third kappa shape index (κ3) is 4.80. The lowest BCUT2D eigenvalue weighted by molar-refractivity contribution is -0.139. The molecule has 1 aliphatic heterocycles. The number of carbonyl (C=O) groups excluding carboxylic acids is 2. The van der Waals surface area contributed by atoms with Crippen LogP contribution in [-0.2, 0) is 20.0 Å². The molecule has 0 bridgehead atoms. The molecule has 2 heterocycles. The van der Waals surface area contributed by atoms with Gasteiger partial charge in [0.1, 0.15) is 6.04 Å². The molecular formula is C24H23ClN4O4S. The van der Waals surface area contributed by atoms with Gasteiger partial charge in [0.2, 0.25) is 11.1 Å². The van der Waals surface area contributed by atoms with Gasteiger partial charge in [-0.15, -0.1) is 5.10 Å². The standard InChI is InChI=1S/C24H23ClN4O4S/c1-4-33-22(31)19-14(2)26-23-27-24(34-13-17-7-5-6-8-18(17)25)28-29(23)20(19)15-9-11-16(12-10-15)21(30)32-3/h5-12,20H,4,13H2,1-3H3,(H,26,27,28). The molecule has 1 aromatic heterocycles. The average molecular weight is 499 g/mol. The highest BCUT2D eigenvalue weighted by Gasteiger charge is 2.35. The number of rotatable bonds is 7. The number of esters is 2. The summed E-state index contributed by atoms with van der Waals surface area (Å²) in [4.78, 5) is 29.4. The number of halogens is 1. The molecule has 1 atom stereocenters. The van der Waals surface area contributed by atoms with Crippen LogP contribution in [0.3, 0.4) is 0 Å². The van der Waals surface area contributed by atoms with E-state index in [4.69, 9.17) is 21.1 Å². The smallest absolute Gasteiger partial charge is 0.338 e. The number of methoxy groups -OCH3 is 1. The van der Waals surface area contributed by atoms with Crippen LogP contribution >= 0.6 is 23.4 Å². The van der Waals surface area contributed by atoms with E-state index >= 15 is 0 Å². The van der Waals surface area contributed by atoms with E-state index in [9.17, 15) is 9.59 Å². The van der Waals surface area contributed by atoms with Crippen molar-refractivity contribution in [1.82, 2.24) is 14.8 Å². The quantitative estimate of drug-likeness (QED) is 0.364. The summed E-state index contributed by atoms with van der Waals surface area (Å²) in [7, 11) is 1.33. The summed E-state index contributed by atoms with van der Waals surface area (Å²) in [6, 6.07) is 13.9. The first-order valence-electron chi connectivity index (χ1n) is 10.6. The Kier molecular flexibility index (Phi) is 7.23. The Morgan fingerprint density at radius 1 is 1.15 bits per heavy atom. The topological polar surface area (TPSA) is 95.3 Å². The largest absolute Gasteiger partial charge is 0.465 e. The second kappa shape index (κ2) is 10.3. The molecule has 0 spiro atoms. The summed E-state index contributed by atoms with van der Waals surface area (Å²) in [5.74, 6) is 0.225. The lowest BCUT2D eigenvalue weighted by atomic mass is 9.95. The fraction of sp³-hybridized carbons (Fsp3) is 0.250. The number of thioether (sulfide) groups is 1. The van der Waals surface area contributed by atoms with E-state index in [2.05, 4.69) is 15.4 Å². The Balaban J connectivity index is 1.70. The highest BCUT2D eigenvalue weighted by Crippen LogP contribution is 2.37. The van der Waals surface area contributed by atoms with Crippen LogP contribution in [0.4, 0.5) is 5.95 Å². The molecule has 10 heteroatoms. The fourth-order valence-electron chi connectivity index (χ4n) is 3.65. The molecule has 0 aliphatic carbocycles. The van der Waals surface area contributed by atoms with E-state index < -0.39 is 18.0 Å². The first kappa shape index (κ1) is 23.8. The van der Waals surface area contributed by atoms with Crippen molar-refractivity contribution in [3.63, 3.8) is 0 Å². The Morgan fingerprint density at radius 2 is 1.88 bits per heavy atom. The zero-order valence-corrected chi connectivity index (χ0v) is 20.4. The minimum absolute atomic E-state index is 0.243. The van der Waals surface area contributed by atoms with Crippen LogP contribution in [0.5, 0.6) is 0 Å². The van der Waals surface area contributed by atoms with Crippen LogP contribution in [0.15, 0.2) is 65.0 Å². The van der Waals surface area contributed by atoms with E-state index in [1.165, 1.54) is 18.9 Å². The summed E-state index contributed by atoms with van der Waals surface area (Å²) in [5.41, 5.74) is 3.20. The Bertz CT molecular complexity index is 1260. The van der Waals surface area contributed by atoms with Crippen LogP contribution in [0, 0.1) is 0 Å². The normalized spacial score (nSPS) is 14.9. The highest BCUT2D eigenvalue weighted by molar-refractivity contribution is 7.98. The molecule has 4 rings (SSSR count). The summed E-state index contributed by atoms with van der Waals surface area (Å²) < 4.78 is 11.8. The van der Waals surface area contributed by atoms with E-state index in [0.717, 1.165) is 11.1 Å². The molecule has 34 heavy (non-hydrogen) atoms. The molecule has 0 saturated carbocycles. The predicted octanol–water partition coefficient (Wildman–Crippen LogP) is 4.86. The zero-order chi connectivity index (χ0) is 24.2. The van der Waals surface area contributed by atoms with E-state index in [1.807, 2.05) is 24.3 Å². The number of hydrogen-bond donors (Lipinski definition) is 1. The average Bonchev–Trinajstić information content (AvgIpc) is 3.24. The molecule has 176 valence electrons. The van der Waals surface area contributed by atoms with Gasteiger partial charge in [-0.2, -0.15) is 4.98 Å². The molecule has 0 radical (unpaired) electrons. The highest BCUT2D eigenvalue weighted by atomic mass is 35.5. The molecule has 0 amide bonds. The van der Waals surface area contributed by atoms with Crippen LogP contribution in [-0.4, -0.2) is 40.4 Å². The SMILES string of the molecule is CCOC(=O)C1=C(C)Nc2nc(SCc3ccccc3Cl)nn2C1c1ccc(C(=O)OC)cc1. The van der Waals surface area contributed by atoms with Gasteiger partial charge in [-0.3, -0.25) is 0 Å². The second-order valence-electron chi connectivity index (χ2n) is 7.44. The number of hydrogen-bond acceptors (Lipinski definition) is 8. The van der Waals surface area contributed by atoms with Crippen molar-refractivity contribution in [1.29, 1.82) is 0 Å². The van der Waals surface area contributed by atoms with Crippen molar-refractivity contribution < 1.29 is 19.1 Å². The maximum atomic E-state index is 12.9. The van der Waals surface area contributed by atoms with Gasteiger partial charge in [-0.1, -0.05) is 53.7 Å². The summed E-state index contributed by atoms with van der Waals surface area (Å²) in [6.07, 6.45) is 0. The van der Waals surface area contributed by atoms with Crippen molar-refractivity contribution in [3.8, 4) is 0 Å². The van der Waals surface area contributed by atoms with Crippen molar-refractivity contribution in [2.45, 2.75) is 30.8 Å². The maximum Gasteiger partial charge on any atom is 0.338 e. The molecule has 1 unspecified atom stereocenters. The molecule has 0 fully saturated rings. The Morgan fingerprint density at radius 3 is 2.56 bits per heavy atom. The second-order valence-corrected chi connectivity index (χ2v) is 8.79. The van der Waals surface area contributed by atoms with Gasteiger partial charge in [-0.05, 0) is 43.2 Å². The predicted molar refractivity (Wildman–Crippen MR) is 130 cm³/mol. The van der Waals surface area contributed by atoms with Crippen molar-refractivity contribution in [2.24, 2.45) is 0 Å². The van der Waals surface area contributed by atoms with Gasteiger partial charge in [0.15, 0.2) is 0 Å². The first-order valence-corrected chi connectivity index (χ1v) is 11.9. The van der Waals surface area contributed by atoms with Crippen LogP contribution < -0.4 is 5.32 Å². The molecule has 2 aromatic carbocycles. The van der Waals surface area contributed by atoms with Crippen molar-refractivity contribution in [2.75, 3.05) is 19.0 Å². The Labute approximate surface area is 206 Å². The number of aromatic nitrogens is 3. The molecule has 0 saturated heterocycles. The van der Waals surface area contributed by atoms with Gasteiger partial charge in [0, 0.05) is 16.5 Å². The molecular weight excluding hydrogens is 476 g/mol. The zero-order valence-electron chi connectivity index (χ0n) is 18.9. The van der Waals surface area contributed by atoms with Crippen LogP contribution in [0.2, 0.25) is 5.02 Å². The lowest BCUT2D eigenvalue weighted by Crippen LogP contribution is -2.29. The van der Waals surface area contributed by atoms with Gasteiger partial charge < -0.3 is 14.8 Å². The van der Waals surface area contributed by atoms with Crippen LogP contribution in [0.25, 0.3) is 0 Å². The van der Waals surface area contributed by atoms with Crippen LogP contribution in [0.1, 0.15) is 41.4 Å². The summed E-state index contributed by atoms with van der Waals surface area (Å²) in [5, 5.41) is 9.08. The number of carbonyl (C=O) groups is 2. The van der Waals surface area contributed by atoms with Gasteiger partial charge in [-0.25, -0.2) is 14.3 Å². The minimum atomic E-state index is -0.579. The number of anilines is 1. The molecule has 1 aliphatic rings. The number of fused-ring (bicyclic) bond motifs is 1. The van der Waals surface area contributed by atoms with Gasteiger partial charge in [0.25, 0.3) is 0 Å². The van der Waals surface area contributed by atoms with E-state index in [0.29, 0.717) is 38.7 Å². The summed E-state index contributed by atoms with van der Waals surface area (Å²) in [6.45, 7) is 3.80. The first-order chi connectivity index (χ1) is 16.4. The third-order valence-electron chi connectivity index (χ3n) is 5.29. The molecule has 8 nitrogen and oxygen atoms in total. The van der Waals surface area contributed by atoms with E-state index in [-0.39, 0.29) is 6.61 Å².